The molecule has 3 aromatic heterocycles. The van der Waals surface area contributed by atoms with Crippen LogP contribution >= 0.6 is 11.5 Å². The molecule has 6 nitrogen and oxygen atoms in total. The largest absolute Gasteiger partial charge is 0.320 e. The van der Waals surface area contributed by atoms with Crippen molar-refractivity contribution in [2.45, 2.75) is 13.0 Å². The van der Waals surface area contributed by atoms with Gasteiger partial charge in [0.05, 0.1) is 12.2 Å². The molecule has 0 aromatic carbocycles. The van der Waals surface area contributed by atoms with E-state index >= 15 is 0 Å². The van der Waals surface area contributed by atoms with E-state index in [1.807, 2.05) is 24.8 Å². The molecule has 0 bridgehead atoms. The molecule has 0 aliphatic carbocycles. The van der Waals surface area contributed by atoms with E-state index in [4.69, 9.17) is 0 Å². The fourth-order valence-corrected chi connectivity index (χ4v) is 2.49. The molecule has 0 saturated carbocycles. The normalized spacial score (nSPS) is 12.8. The number of nitrogens with zero attached hydrogens (tertiary/aromatic N) is 6. The Bertz CT molecular complexity index is 638. The van der Waals surface area contributed by atoms with E-state index in [1.165, 1.54) is 11.5 Å². The summed E-state index contributed by atoms with van der Waals surface area (Å²) in [5.41, 5.74) is 1.03. The average molecular weight is 260 g/mol. The summed E-state index contributed by atoms with van der Waals surface area (Å²) in [6, 6.07) is 0.0786. The second-order valence-electron chi connectivity index (χ2n) is 3.99. The van der Waals surface area contributed by atoms with Gasteiger partial charge in [0.2, 0.25) is 0 Å². The van der Waals surface area contributed by atoms with Crippen LogP contribution in [-0.4, -0.2) is 28.7 Å². The summed E-state index contributed by atoms with van der Waals surface area (Å²) in [6.07, 6.45) is 7.13. The maximum absolute atomic E-state index is 4.39. The van der Waals surface area contributed by atoms with Gasteiger partial charge in [-0.05, 0) is 18.5 Å². The quantitative estimate of drug-likeness (QED) is 0.719. The van der Waals surface area contributed by atoms with Gasteiger partial charge in [-0.1, -0.05) is 0 Å². The molecule has 0 spiro atoms. The van der Waals surface area contributed by atoms with Crippen molar-refractivity contribution in [3.05, 3.63) is 36.1 Å². The van der Waals surface area contributed by atoms with Gasteiger partial charge in [-0.3, -0.25) is 4.68 Å². The van der Waals surface area contributed by atoms with Gasteiger partial charge in [0.25, 0.3) is 0 Å². The highest BCUT2D eigenvalue weighted by Gasteiger charge is 2.17. The first-order valence-corrected chi connectivity index (χ1v) is 6.37. The molecular weight excluding hydrogens is 248 g/mol. The number of imidazole rings is 1. The number of hydrogen-bond acceptors (Lipinski definition) is 5. The molecule has 0 radical (unpaired) electrons. The summed E-state index contributed by atoms with van der Waals surface area (Å²) in [7, 11) is 1.89. The second-order valence-corrected chi connectivity index (χ2v) is 4.65. The minimum absolute atomic E-state index is 0.0786. The van der Waals surface area contributed by atoms with Crippen molar-refractivity contribution in [3.63, 3.8) is 0 Å². The molecule has 0 N–H and O–H groups in total. The van der Waals surface area contributed by atoms with Crippen LogP contribution in [0.2, 0.25) is 0 Å². The van der Waals surface area contributed by atoms with Gasteiger partial charge in [0.15, 0.2) is 0 Å². The fraction of sp³-hybridized carbons (Fsp3) is 0.273. The van der Waals surface area contributed by atoms with E-state index in [9.17, 15) is 0 Å². The molecular formula is C11H12N6S. The summed E-state index contributed by atoms with van der Waals surface area (Å²) in [4.78, 5) is 8.68. The lowest BCUT2D eigenvalue weighted by molar-refractivity contribution is 0.560. The first-order valence-electron chi connectivity index (χ1n) is 5.54. The van der Waals surface area contributed by atoms with Crippen molar-refractivity contribution >= 4 is 11.5 Å². The summed E-state index contributed by atoms with van der Waals surface area (Å²) in [6.45, 7) is 2.08. The lowest BCUT2D eigenvalue weighted by atomic mass is 10.2. The summed E-state index contributed by atoms with van der Waals surface area (Å²) < 4.78 is 7.97. The Balaban J connectivity index is 2.04. The van der Waals surface area contributed by atoms with Gasteiger partial charge < -0.3 is 4.57 Å². The number of hydrogen-bond donors (Lipinski definition) is 0. The topological polar surface area (TPSA) is 61.4 Å². The van der Waals surface area contributed by atoms with Gasteiger partial charge in [0.1, 0.15) is 18.0 Å². The average Bonchev–Trinajstić information content (AvgIpc) is 3.09. The molecule has 0 amide bonds. The Hall–Kier alpha value is -2.02. The molecule has 1 unspecified atom stereocenters. The zero-order valence-electron chi connectivity index (χ0n) is 10.1. The van der Waals surface area contributed by atoms with Crippen LogP contribution in [-0.2, 0) is 7.05 Å². The smallest absolute Gasteiger partial charge is 0.149 e. The monoisotopic (exact) mass is 260 g/mol. The maximum atomic E-state index is 4.39. The van der Waals surface area contributed by atoms with Crippen molar-refractivity contribution in [3.8, 4) is 11.4 Å². The number of aromatic nitrogens is 6. The lowest BCUT2D eigenvalue weighted by Gasteiger charge is -2.14. The third-order valence-electron chi connectivity index (χ3n) is 2.90. The van der Waals surface area contributed by atoms with Gasteiger partial charge in [-0.15, -0.1) is 0 Å². The minimum Gasteiger partial charge on any atom is -0.320 e. The molecule has 1 atom stereocenters. The fourth-order valence-electron chi connectivity index (χ4n) is 1.97. The molecule has 3 aromatic rings. The third kappa shape index (κ3) is 1.72. The van der Waals surface area contributed by atoms with Crippen LogP contribution in [0.25, 0.3) is 11.4 Å². The standard InChI is InChI=1S/C11H12N6S/c1-8(10-13-7-14-16(10)2)17-4-3-12-11(17)9-5-15-18-6-9/h3-8H,1-2H3. The first-order chi connectivity index (χ1) is 8.77. The van der Waals surface area contributed by atoms with Gasteiger partial charge >= 0.3 is 0 Å². The number of aryl methyl sites for hydroxylation is 1. The SMILES string of the molecule is CC(c1ncnn1C)n1ccnc1-c1cnsc1. The van der Waals surface area contributed by atoms with Crippen LogP contribution < -0.4 is 0 Å². The van der Waals surface area contributed by atoms with Crippen molar-refractivity contribution < 1.29 is 0 Å². The predicted octanol–water partition coefficient (Wildman–Crippen LogP) is 1.74. The van der Waals surface area contributed by atoms with Crippen LogP contribution in [0.3, 0.4) is 0 Å². The minimum atomic E-state index is 0.0786. The van der Waals surface area contributed by atoms with E-state index in [0.29, 0.717) is 0 Å². The highest BCUT2D eigenvalue weighted by atomic mass is 32.1. The molecule has 3 heterocycles. The zero-order valence-corrected chi connectivity index (χ0v) is 10.9. The Kier molecular flexibility index (Phi) is 2.67. The lowest BCUT2D eigenvalue weighted by Crippen LogP contribution is -2.13. The van der Waals surface area contributed by atoms with E-state index in [2.05, 4.69) is 30.9 Å². The maximum Gasteiger partial charge on any atom is 0.149 e. The number of rotatable bonds is 3. The highest BCUT2D eigenvalue weighted by molar-refractivity contribution is 7.03. The molecule has 0 aliphatic heterocycles. The van der Waals surface area contributed by atoms with Crippen molar-refractivity contribution in [1.82, 2.24) is 28.7 Å². The Labute approximate surface area is 108 Å². The molecule has 0 saturated heterocycles. The molecule has 92 valence electrons. The van der Waals surface area contributed by atoms with Crippen molar-refractivity contribution in [1.29, 1.82) is 0 Å². The first kappa shape index (κ1) is 11.1. The molecule has 18 heavy (non-hydrogen) atoms. The van der Waals surface area contributed by atoms with E-state index < -0.39 is 0 Å². The predicted molar refractivity (Wildman–Crippen MR) is 68.2 cm³/mol. The zero-order chi connectivity index (χ0) is 12.5. The summed E-state index contributed by atoms with van der Waals surface area (Å²) >= 11 is 1.42. The van der Waals surface area contributed by atoms with Crippen LogP contribution in [0.5, 0.6) is 0 Å². The molecule has 7 heteroatoms. The van der Waals surface area contributed by atoms with Crippen LogP contribution in [0.1, 0.15) is 18.8 Å². The Morgan fingerprint density at radius 2 is 2.22 bits per heavy atom. The third-order valence-corrected chi connectivity index (χ3v) is 3.48. The van der Waals surface area contributed by atoms with E-state index in [0.717, 1.165) is 17.2 Å². The van der Waals surface area contributed by atoms with Crippen molar-refractivity contribution in [2.75, 3.05) is 0 Å². The molecule has 0 fully saturated rings. The van der Waals surface area contributed by atoms with E-state index in [1.54, 1.807) is 17.2 Å². The Morgan fingerprint density at radius 3 is 2.89 bits per heavy atom. The Morgan fingerprint density at radius 1 is 1.33 bits per heavy atom. The van der Waals surface area contributed by atoms with Crippen molar-refractivity contribution in [2.24, 2.45) is 7.05 Å². The van der Waals surface area contributed by atoms with Crippen LogP contribution in [0.15, 0.2) is 30.3 Å². The van der Waals surface area contributed by atoms with Gasteiger partial charge in [-0.25, -0.2) is 14.3 Å². The van der Waals surface area contributed by atoms with Gasteiger partial charge in [-0.2, -0.15) is 5.10 Å². The van der Waals surface area contributed by atoms with Gasteiger partial charge in [0, 0.05) is 30.4 Å². The summed E-state index contributed by atoms with van der Waals surface area (Å²) in [5, 5.41) is 6.09. The summed E-state index contributed by atoms with van der Waals surface area (Å²) in [5.74, 6) is 1.80. The van der Waals surface area contributed by atoms with E-state index in [-0.39, 0.29) is 6.04 Å². The highest BCUT2D eigenvalue weighted by Crippen LogP contribution is 2.24. The second kappa shape index (κ2) is 4.34. The molecule has 3 rings (SSSR count). The van der Waals surface area contributed by atoms with Crippen LogP contribution in [0.4, 0.5) is 0 Å². The van der Waals surface area contributed by atoms with Crippen LogP contribution in [0, 0.1) is 0 Å². The molecule has 0 aliphatic rings.